The predicted octanol–water partition coefficient (Wildman–Crippen LogP) is 6.28. The number of amides is 1. The summed E-state index contributed by atoms with van der Waals surface area (Å²) in [4.78, 5) is 12.4. The molecule has 1 amide bonds. The van der Waals surface area contributed by atoms with Gasteiger partial charge < -0.3 is 10.1 Å². The van der Waals surface area contributed by atoms with E-state index >= 15 is 0 Å². The Morgan fingerprint density at radius 3 is 2.48 bits per heavy atom. The highest BCUT2D eigenvalue weighted by atomic mass is 35.5. The summed E-state index contributed by atoms with van der Waals surface area (Å²) >= 11 is 12.8. The van der Waals surface area contributed by atoms with Crippen LogP contribution < -0.4 is 10.1 Å². The fraction of sp³-hybridized carbons (Fsp3) is 0.0833. The van der Waals surface area contributed by atoms with Gasteiger partial charge in [-0.1, -0.05) is 41.4 Å². The number of carbonyl (C=O) groups is 1. The smallest absolute Gasteiger partial charge is 0.266 e. The third-order valence-electron chi connectivity index (χ3n) is 4.50. The Labute approximate surface area is 189 Å². The van der Waals surface area contributed by atoms with Gasteiger partial charge in [-0.2, -0.15) is 5.26 Å². The lowest BCUT2D eigenvalue weighted by Crippen LogP contribution is -2.13. The summed E-state index contributed by atoms with van der Waals surface area (Å²) in [6, 6.07) is 17.9. The van der Waals surface area contributed by atoms with Gasteiger partial charge in [0.1, 0.15) is 23.2 Å². The van der Waals surface area contributed by atoms with E-state index in [1.807, 2.05) is 24.3 Å². The number of hydrogen-bond donors (Lipinski definition) is 1. The molecule has 4 nitrogen and oxygen atoms in total. The number of nitrogens with zero attached hydrogens (tertiary/aromatic N) is 1. The normalized spacial score (nSPS) is 11.0. The summed E-state index contributed by atoms with van der Waals surface area (Å²) in [5, 5.41) is 13.0. The Morgan fingerprint density at radius 1 is 1.13 bits per heavy atom. The second-order valence-electron chi connectivity index (χ2n) is 6.58. The van der Waals surface area contributed by atoms with E-state index in [0.717, 1.165) is 11.1 Å². The first-order valence-corrected chi connectivity index (χ1v) is 9.95. The second-order valence-corrected chi connectivity index (χ2v) is 7.40. The first-order valence-electron chi connectivity index (χ1n) is 9.19. The zero-order chi connectivity index (χ0) is 22.4. The summed E-state index contributed by atoms with van der Waals surface area (Å²) in [6.07, 6.45) is 1.87. The predicted molar refractivity (Wildman–Crippen MR) is 121 cm³/mol. The molecule has 3 rings (SSSR count). The van der Waals surface area contributed by atoms with Crippen molar-refractivity contribution in [3.63, 3.8) is 0 Å². The van der Waals surface area contributed by atoms with E-state index in [9.17, 15) is 14.4 Å². The molecular formula is C24H17Cl2FN2O2. The molecule has 156 valence electrons. The molecule has 3 aromatic carbocycles. The number of ether oxygens (including phenoxy) is 1. The molecule has 0 aliphatic rings. The van der Waals surface area contributed by atoms with Gasteiger partial charge >= 0.3 is 0 Å². The van der Waals surface area contributed by atoms with E-state index in [-0.39, 0.29) is 5.57 Å². The number of carbonyl (C=O) groups excluding carboxylic acids is 1. The van der Waals surface area contributed by atoms with Crippen molar-refractivity contribution in [1.82, 2.24) is 0 Å². The molecule has 1 N–H and O–H groups in total. The molecule has 0 saturated carbocycles. The van der Waals surface area contributed by atoms with Crippen LogP contribution in [0.25, 0.3) is 6.08 Å². The van der Waals surface area contributed by atoms with E-state index in [2.05, 4.69) is 5.32 Å². The monoisotopic (exact) mass is 454 g/mol. The number of hydrogen-bond acceptors (Lipinski definition) is 3. The number of anilines is 1. The molecule has 31 heavy (non-hydrogen) atoms. The van der Waals surface area contributed by atoms with Crippen molar-refractivity contribution in [2.24, 2.45) is 0 Å². The highest BCUT2D eigenvalue weighted by Gasteiger charge is 2.15. The fourth-order valence-corrected chi connectivity index (χ4v) is 3.44. The summed E-state index contributed by atoms with van der Waals surface area (Å²) in [7, 11) is 1.52. The Kier molecular flexibility index (Phi) is 7.30. The van der Waals surface area contributed by atoms with Crippen molar-refractivity contribution < 1.29 is 13.9 Å². The zero-order valence-electron chi connectivity index (χ0n) is 16.5. The Morgan fingerprint density at radius 2 is 1.84 bits per heavy atom. The van der Waals surface area contributed by atoms with Crippen molar-refractivity contribution in [2.75, 3.05) is 12.4 Å². The van der Waals surface area contributed by atoms with Crippen molar-refractivity contribution >= 4 is 40.9 Å². The average molecular weight is 455 g/mol. The molecular weight excluding hydrogens is 438 g/mol. The Hall–Kier alpha value is -3.33. The zero-order valence-corrected chi connectivity index (χ0v) is 18.0. The Balaban J connectivity index is 1.89. The molecule has 3 aromatic rings. The van der Waals surface area contributed by atoms with Crippen LogP contribution in [0.5, 0.6) is 5.75 Å². The van der Waals surface area contributed by atoms with Gasteiger partial charge in [0, 0.05) is 27.7 Å². The highest BCUT2D eigenvalue weighted by molar-refractivity contribution is 6.32. The average Bonchev–Trinajstić information content (AvgIpc) is 2.76. The minimum Gasteiger partial charge on any atom is -0.496 e. The van der Waals surface area contributed by atoms with Crippen molar-refractivity contribution in [3.8, 4) is 11.8 Å². The minimum atomic E-state index is -0.621. The van der Waals surface area contributed by atoms with Gasteiger partial charge in [0.25, 0.3) is 5.91 Å². The van der Waals surface area contributed by atoms with E-state index in [4.69, 9.17) is 27.9 Å². The number of nitrogens with one attached hydrogen (secondary N) is 1. The third kappa shape index (κ3) is 5.64. The first kappa shape index (κ1) is 22.4. The van der Waals surface area contributed by atoms with Crippen LogP contribution in [0.4, 0.5) is 10.1 Å². The number of methoxy groups -OCH3 is 1. The van der Waals surface area contributed by atoms with Crippen molar-refractivity contribution in [3.05, 3.63) is 98.8 Å². The van der Waals surface area contributed by atoms with Gasteiger partial charge in [-0.3, -0.25) is 4.79 Å². The van der Waals surface area contributed by atoms with Crippen LogP contribution in [0.15, 0.2) is 66.2 Å². The van der Waals surface area contributed by atoms with E-state index in [1.165, 1.54) is 37.5 Å². The van der Waals surface area contributed by atoms with E-state index in [1.54, 1.807) is 18.2 Å². The number of nitriles is 1. The largest absolute Gasteiger partial charge is 0.496 e. The maximum atomic E-state index is 13.0. The van der Waals surface area contributed by atoms with Crippen LogP contribution in [0.1, 0.15) is 16.7 Å². The van der Waals surface area contributed by atoms with E-state index in [0.29, 0.717) is 33.5 Å². The van der Waals surface area contributed by atoms with E-state index < -0.39 is 11.7 Å². The molecule has 0 fully saturated rings. The maximum absolute atomic E-state index is 13.0. The summed E-state index contributed by atoms with van der Waals surface area (Å²) in [6.45, 7) is 0. The summed E-state index contributed by atoms with van der Waals surface area (Å²) in [5.41, 5.74) is 2.39. The molecule has 0 spiro atoms. The fourth-order valence-electron chi connectivity index (χ4n) is 2.95. The van der Waals surface area contributed by atoms with Crippen LogP contribution in [0.3, 0.4) is 0 Å². The molecule has 0 bridgehead atoms. The van der Waals surface area contributed by atoms with Crippen LogP contribution in [0, 0.1) is 17.1 Å². The van der Waals surface area contributed by atoms with Gasteiger partial charge in [-0.15, -0.1) is 0 Å². The third-order valence-corrected chi connectivity index (χ3v) is 5.21. The lowest BCUT2D eigenvalue weighted by atomic mass is 10.0. The molecule has 0 heterocycles. The standard InChI is InChI=1S/C24H17Cl2FN2O2/c1-31-23-12-15(11-22(26)20(23)13-16-4-2-3-5-21(16)25)10-17(14-28)24(30)29-19-8-6-18(27)7-9-19/h2-12H,13H2,1H3,(H,29,30)/b17-10+. The van der Waals surface area contributed by atoms with Crippen LogP contribution in [-0.2, 0) is 11.2 Å². The van der Waals surface area contributed by atoms with Gasteiger partial charge in [-0.25, -0.2) is 4.39 Å². The molecule has 0 aromatic heterocycles. The molecule has 0 aliphatic carbocycles. The lowest BCUT2D eigenvalue weighted by molar-refractivity contribution is -0.112. The van der Waals surface area contributed by atoms with Gasteiger partial charge in [0.15, 0.2) is 0 Å². The van der Waals surface area contributed by atoms with Gasteiger partial charge in [0.2, 0.25) is 0 Å². The first-order chi connectivity index (χ1) is 14.9. The van der Waals surface area contributed by atoms with Crippen LogP contribution >= 0.6 is 23.2 Å². The number of rotatable bonds is 6. The molecule has 0 atom stereocenters. The van der Waals surface area contributed by atoms with Crippen molar-refractivity contribution in [2.45, 2.75) is 6.42 Å². The Bertz CT molecular complexity index is 1190. The highest BCUT2D eigenvalue weighted by Crippen LogP contribution is 2.33. The molecule has 0 saturated heterocycles. The molecule has 7 heteroatoms. The van der Waals surface area contributed by atoms with Gasteiger partial charge in [0.05, 0.1) is 7.11 Å². The molecule has 0 aliphatic heterocycles. The summed E-state index contributed by atoms with van der Waals surface area (Å²) in [5.74, 6) is -0.535. The van der Waals surface area contributed by atoms with Crippen LogP contribution in [0.2, 0.25) is 10.0 Å². The topological polar surface area (TPSA) is 62.1 Å². The van der Waals surface area contributed by atoms with Crippen LogP contribution in [-0.4, -0.2) is 13.0 Å². The number of halogens is 3. The second kappa shape index (κ2) is 10.1. The van der Waals surface area contributed by atoms with Crippen molar-refractivity contribution in [1.29, 1.82) is 5.26 Å². The lowest BCUT2D eigenvalue weighted by Gasteiger charge is -2.13. The number of benzene rings is 3. The quantitative estimate of drug-likeness (QED) is 0.352. The maximum Gasteiger partial charge on any atom is 0.266 e. The SMILES string of the molecule is COc1cc(/C=C(\C#N)C(=O)Nc2ccc(F)cc2)cc(Cl)c1Cc1ccccc1Cl. The summed E-state index contributed by atoms with van der Waals surface area (Å²) < 4.78 is 18.5. The molecule has 0 unspecified atom stereocenters. The molecule has 0 radical (unpaired) electrons. The minimum absolute atomic E-state index is 0.138. The van der Waals surface area contributed by atoms with Gasteiger partial charge in [-0.05, 0) is 59.7 Å².